The molecule has 2 N–H and O–H groups in total. The molecule has 1 saturated heterocycles. The van der Waals surface area contributed by atoms with Gasteiger partial charge in [-0.1, -0.05) is 12.1 Å². The average molecular weight is 327 g/mol. The van der Waals surface area contributed by atoms with E-state index in [9.17, 15) is 13.6 Å². The van der Waals surface area contributed by atoms with Gasteiger partial charge in [0.1, 0.15) is 5.75 Å². The van der Waals surface area contributed by atoms with Gasteiger partial charge in [-0.15, -0.1) is 0 Å². The molecule has 0 spiro atoms. The van der Waals surface area contributed by atoms with Gasteiger partial charge in [-0.3, -0.25) is 9.69 Å². The Morgan fingerprint density at radius 2 is 1.96 bits per heavy atom. The zero-order valence-electron chi connectivity index (χ0n) is 13.3. The molecule has 1 amide bonds. The number of likely N-dealkylation sites (N-methyl/N-ethyl adjacent to an activating group) is 1. The molecule has 1 aromatic rings. The summed E-state index contributed by atoms with van der Waals surface area (Å²) < 4.78 is 28.5. The van der Waals surface area contributed by atoms with E-state index in [1.54, 1.807) is 24.1 Å². The van der Waals surface area contributed by atoms with Crippen LogP contribution >= 0.6 is 0 Å². The van der Waals surface area contributed by atoms with Crippen LogP contribution in [-0.2, 0) is 11.3 Å². The topological polar surface area (TPSA) is 58.8 Å². The number of carbonyl (C=O) groups is 1. The van der Waals surface area contributed by atoms with Crippen LogP contribution in [0.3, 0.4) is 0 Å². The highest BCUT2D eigenvalue weighted by molar-refractivity contribution is 5.78. The minimum atomic E-state index is -2.83. The highest BCUT2D eigenvalue weighted by atomic mass is 19.3. The molecule has 0 bridgehead atoms. The number of ether oxygens (including phenoxy) is 1. The molecular formula is C16H23F2N3O2. The third-order valence-electron chi connectivity index (χ3n) is 3.99. The number of amides is 1. The van der Waals surface area contributed by atoms with Gasteiger partial charge < -0.3 is 15.4 Å². The standard InChI is InChI=1S/C16H23F2N3O2/c1-20(15(22)11-21-8-6-13(19)7-9-21)10-12-2-4-14(5-3-12)23-16(17)18/h2-5,13,16H,6-11,19H2,1H3. The van der Waals surface area contributed by atoms with E-state index in [0.717, 1.165) is 31.5 Å². The molecule has 0 atom stereocenters. The van der Waals surface area contributed by atoms with Crippen LogP contribution in [0, 0.1) is 0 Å². The first kappa shape index (κ1) is 17.6. The Morgan fingerprint density at radius 3 is 2.52 bits per heavy atom. The molecule has 1 heterocycles. The van der Waals surface area contributed by atoms with Crippen molar-refractivity contribution in [1.29, 1.82) is 0 Å². The molecule has 128 valence electrons. The van der Waals surface area contributed by atoms with Crippen molar-refractivity contribution in [2.45, 2.75) is 32.0 Å². The summed E-state index contributed by atoms with van der Waals surface area (Å²) in [4.78, 5) is 16.0. The van der Waals surface area contributed by atoms with Crippen molar-refractivity contribution in [2.75, 3.05) is 26.7 Å². The second kappa shape index (κ2) is 8.21. The second-order valence-electron chi connectivity index (χ2n) is 5.89. The number of carbonyl (C=O) groups excluding carboxylic acids is 1. The van der Waals surface area contributed by atoms with Crippen LogP contribution in [0.15, 0.2) is 24.3 Å². The van der Waals surface area contributed by atoms with Crippen molar-refractivity contribution in [3.05, 3.63) is 29.8 Å². The molecule has 0 aliphatic carbocycles. The maximum Gasteiger partial charge on any atom is 0.387 e. The van der Waals surface area contributed by atoms with Gasteiger partial charge >= 0.3 is 6.61 Å². The fraction of sp³-hybridized carbons (Fsp3) is 0.562. The number of nitrogens with zero attached hydrogens (tertiary/aromatic N) is 2. The lowest BCUT2D eigenvalue weighted by Gasteiger charge is -2.30. The highest BCUT2D eigenvalue weighted by Gasteiger charge is 2.20. The van der Waals surface area contributed by atoms with Crippen molar-refractivity contribution < 1.29 is 18.3 Å². The normalized spacial score (nSPS) is 16.6. The zero-order valence-corrected chi connectivity index (χ0v) is 13.3. The van der Waals surface area contributed by atoms with E-state index in [-0.39, 0.29) is 17.7 Å². The predicted molar refractivity (Wildman–Crippen MR) is 83.2 cm³/mol. The van der Waals surface area contributed by atoms with Crippen molar-refractivity contribution >= 4 is 5.91 Å². The van der Waals surface area contributed by atoms with Crippen LogP contribution in [0.2, 0.25) is 0 Å². The molecule has 5 nitrogen and oxygen atoms in total. The number of hydrogen-bond acceptors (Lipinski definition) is 4. The van der Waals surface area contributed by atoms with Crippen LogP contribution in [-0.4, -0.2) is 55.0 Å². The number of hydrogen-bond donors (Lipinski definition) is 1. The Labute approximate surface area is 135 Å². The summed E-state index contributed by atoms with van der Waals surface area (Å²) >= 11 is 0. The van der Waals surface area contributed by atoms with Gasteiger partial charge in [-0.05, 0) is 30.5 Å². The Balaban J connectivity index is 1.81. The largest absolute Gasteiger partial charge is 0.435 e. The van der Waals surface area contributed by atoms with Gasteiger partial charge in [-0.2, -0.15) is 8.78 Å². The van der Waals surface area contributed by atoms with Crippen molar-refractivity contribution in [2.24, 2.45) is 5.73 Å². The summed E-state index contributed by atoms with van der Waals surface area (Å²) in [5.41, 5.74) is 6.72. The van der Waals surface area contributed by atoms with Crippen LogP contribution in [0.4, 0.5) is 8.78 Å². The van der Waals surface area contributed by atoms with Crippen molar-refractivity contribution in [1.82, 2.24) is 9.80 Å². The summed E-state index contributed by atoms with van der Waals surface area (Å²) in [6, 6.07) is 6.56. The Hall–Kier alpha value is -1.73. The first-order valence-electron chi connectivity index (χ1n) is 7.69. The lowest BCUT2D eigenvalue weighted by atomic mass is 10.1. The molecule has 1 aliphatic rings. The molecule has 1 fully saturated rings. The number of halogens is 2. The number of piperidine rings is 1. The molecule has 0 radical (unpaired) electrons. The minimum absolute atomic E-state index is 0.0355. The van der Waals surface area contributed by atoms with E-state index in [1.165, 1.54) is 12.1 Å². The maximum absolute atomic E-state index is 12.2. The molecule has 23 heavy (non-hydrogen) atoms. The van der Waals surface area contributed by atoms with E-state index in [2.05, 4.69) is 9.64 Å². The highest BCUT2D eigenvalue weighted by Crippen LogP contribution is 2.16. The summed E-state index contributed by atoms with van der Waals surface area (Å²) in [5, 5.41) is 0. The summed E-state index contributed by atoms with van der Waals surface area (Å²) in [5.74, 6) is 0.149. The Morgan fingerprint density at radius 1 is 1.35 bits per heavy atom. The van der Waals surface area contributed by atoms with Gasteiger partial charge in [0, 0.05) is 32.7 Å². The van der Waals surface area contributed by atoms with E-state index >= 15 is 0 Å². The fourth-order valence-electron chi connectivity index (χ4n) is 2.56. The lowest BCUT2D eigenvalue weighted by Crippen LogP contribution is -2.44. The summed E-state index contributed by atoms with van der Waals surface area (Å²) in [7, 11) is 1.74. The average Bonchev–Trinajstić information content (AvgIpc) is 2.51. The zero-order chi connectivity index (χ0) is 16.8. The van der Waals surface area contributed by atoms with Crippen LogP contribution in [0.1, 0.15) is 18.4 Å². The van der Waals surface area contributed by atoms with E-state index in [1.807, 2.05) is 0 Å². The third kappa shape index (κ3) is 5.76. The SMILES string of the molecule is CN(Cc1ccc(OC(F)F)cc1)C(=O)CN1CCC(N)CC1. The van der Waals surface area contributed by atoms with Crippen LogP contribution in [0.5, 0.6) is 5.75 Å². The second-order valence-corrected chi connectivity index (χ2v) is 5.89. The number of likely N-dealkylation sites (tertiary alicyclic amines) is 1. The molecule has 0 aromatic heterocycles. The lowest BCUT2D eigenvalue weighted by molar-refractivity contribution is -0.131. The number of nitrogens with two attached hydrogens (primary N) is 1. The summed E-state index contributed by atoms with van der Waals surface area (Å²) in [6.07, 6.45) is 1.84. The number of benzene rings is 1. The third-order valence-corrected chi connectivity index (χ3v) is 3.99. The molecule has 7 heteroatoms. The van der Waals surface area contributed by atoms with Gasteiger partial charge in [0.15, 0.2) is 0 Å². The molecular weight excluding hydrogens is 304 g/mol. The molecule has 0 unspecified atom stereocenters. The van der Waals surface area contributed by atoms with Gasteiger partial charge in [-0.25, -0.2) is 0 Å². The van der Waals surface area contributed by atoms with E-state index in [0.29, 0.717) is 13.1 Å². The first-order chi connectivity index (χ1) is 10.9. The van der Waals surface area contributed by atoms with Crippen molar-refractivity contribution in [3.8, 4) is 5.75 Å². The Bertz CT molecular complexity index is 503. The minimum Gasteiger partial charge on any atom is -0.435 e. The first-order valence-corrected chi connectivity index (χ1v) is 7.69. The van der Waals surface area contributed by atoms with Gasteiger partial charge in [0.2, 0.25) is 5.91 Å². The van der Waals surface area contributed by atoms with Gasteiger partial charge in [0.05, 0.1) is 6.54 Å². The number of alkyl halides is 2. The Kier molecular flexibility index (Phi) is 6.29. The van der Waals surface area contributed by atoms with Crippen LogP contribution < -0.4 is 10.5 Å². The quantitative estimate of drug-likeness (QED) is 0.863. The summed E-state index contributed by atoms with van der Waals surface area (Å²) in [6.45, 7) is -0.319. The van der Waals surface area contributed by atoms with Crippen molar-refractivity contribution in [3.63, 3.8) is 0 Å². The van der Waals surface area contributed by atoms with Gasteiger partial charge in [0.25, 0.3) is 0 Å². The predicted octanol–water partition coefficient (Wildman–Crippen LogP) is 1.67. The van der Waals surface area contributed by atoms with Crippen LogP contribution in [0.25, 0.3) is 0 Å². The van der Waals surface area contributed by atoms with E-state index < -0.39 is 6.61 Å². The maximum atomic E-state index is 12.2. The number of rotatable bonds is 6. The molecule has 0 saturated carbocycles. The molecule has 1 aromatic carbocycles. The molecule has 1 aliphatic heterocycles. The monoisotopic (exact) mass is 327 g/mol. The fourth-order valence-corrected chi connectivity index (χ4v) is 2.56. The molecule has 2 rings (SSSR count). The smallest absolute Gasteiger partial charge is 0.387 e. The van der Waals surface area contributed by atoms with E-state index in [4.69, 9.17) is 5.73 Å².